The molecule has 2 aromatic heterocycles. The van der Waals surface area contributed by atoms with Gasteiger partial charge >= 0.3 is 6.18 Å². The maximum absolute atomic E-state index is 12.6. The molecular formula is C19H22ClF3N4O2. The Kier molecular flexibility index (Phi) is 7.29. The SMILES string of the molecule is CC(C)(C)CNc1cc(C(=O)NCCOc2ncc(C(F)(F)F)cc2Cl)ccn1. The van der Waals surface area contributed by atoms with Crippen LogP contribution in [0.25, 0.3) is 0 Å². The molecule has 10 heteroatoms. The summed E-state index contributed by atoms with van der Waals surface area (Å²) in [5, 5.41) is 5.57. The number of nitrogens with zero attached hydrogens (tertiary/aromatic N) is 2. The highest BCUT2D eigenvalue weighted by Crippen LogP contribution is 2.33. The van der Waals surface area contributed by atoms with Gasteiger partial charge in [0.2, 0.25) is 5.88 Å². The highest BCUT2D eigenvalue weighted by molar-refractivity contribution is 6.31. The lowest BCUT2D eigenvalue weighted by Crippen LogP contribution is -2.28. The topological polar surface area (TPSA) is 76.1 Å². The van der Waals surface area contributed by atoms with Gasteiger partial charge in [0.1, 0.15) is 17.4 Å². The van der Waals surface area contributed by atoms with Gasteiger partial charge in [0.15, 0.2) is 0 Å². The highest BCUT2D eigenvalue weighted by Gasteiger charge is 2.31. The number of nitrogens with one attached hydrogen (secondary N) is 2. The zero-order valence-corrected chi connectivity index (χ0v) is 17.0. The molecule has 0 atom stereocenters. The van der Waals surface area contributed by atoms with Gasteiger partial charge in [0.25, 0.3) is 5.91 Å². The quantitative estimate of drug-likeness (QED) is 0.636. The van der Waals surface area contributed by atoms with E-state index in [1.54, 1.807) is 12.1 Å². The zero-order valence-electron chi connectivity index (χ0n) is 16.2. The minimum atomic E-state index is -4.53. The molecule has 2 heterocycles. The molecule has 0 aromatic carbocycles. The van der Waals surface area contributed by atoms with Gasteiger partial charge in [-0.3, -0.25) is 4.79 Å². The first-order valence-electron chi connectivity index (χ1n) is 8.79. The number of pyridine rings is 2. The number of carbonyl (C=O) groups is 1. The predicted molar refractivity (Wildman–Crippen MR) is 104 cm³/mol. The number of aromatic nitrogens is 2. The van der Waals surface area contributed by atoms with Crippen molar-refractivity contribution < 1.29 is 22.7 Å². The fourth-order valence-electron chi connectivity index (χ4n) is 2.13. The van der Waals surface area contributed by atoms with Gasteiger partial charge in [0.05, 0.1) is 12.1 Å². The normalized spacial score (nSPS) is 11.8. The van der Waals surface area contributed by atoms with E-state index in [0.717, 1.165) is 6.07 Å². The van der Waals surface area contributed by atoms with Gasteiger partial charge < -0.3 is 15.4 Å². The van der Waals surface area contributed by atoms with E-state index >= 15 is 0 Å². The number of halogens is 4. The standard InChI is InChI=1S/C19H22ClF3N4O2/c1-18(2,3)11-27-15-8-12(4-5-24-15)16(28)25-6-7-29-17-14(20)9-13(10-26-17)19(21,22)23/h4-5,8-10H,6-7,11H2,1-3H3,(H,24,27)(H,25,28). The lowest BCUT2D eigenvalue weighted by molar-refractivity contribution is -0.137. The van der Waals surface area contributed by atoms with Gasteiger partial charge in [-0.1, -0.05) is 32.4 Å². The summed E-state index contributed by atoms with van der Waals surface area (Å²) in [5.74, 6) is 0.123. The van der Waals surface area contributed by atoms with Crippen molar-refractivity contribution in [1.29, 1.82) is 0 Å². The van der Waals surface area contributed by atoms with E-state index in [1.165, 1.54) is 6.20 Å². The molecule has 0 aliphatic rings. The summed E-state index contributed by atoms with van der Waals surface area (Å²) in [6, 6.07) is 3.95. The minimum absolute atomic E-state index is 0.00988. The van der Waals surface area contributed by atoms with Crippen molar-refractivity contribution >= 4 is 23.3 Å². The van der Waals surface area contributed by atoms with Crippen LogP contribution in [0.4, 0.5) is 19.0 Å². The predicted octanol–water partition coefficient (Wildman–Crippen LogP) is 4.42. The molecule has 0 unspecified atom stereocenters. The Hall–Kier alpha value is -2.55. The second kappa shape index (κ2) is 9.30. The summed E-state index contributed by atoms with van der Waals surface area (Å²) in [7, 11) is 0. The van der Waals surface area contributed by atoms with Gasteiger partial charge in [-0.25, -0.2) is 9.97 Å². The first-order chi connectivity index (χ1) is 13.5. The number of hydrogen-bond acceptors (Lipinski definition) is 5. The maximum atomic E-state index is 12.6. The molecule has 2 rings (SSSR count). The van der Waals surface area contributed by atoms with Crippen LogP contribution in [0, 0.1) is 5.41 Å². The number of amides is 1. The average Bonchev–Trinajstić information content (AvgIpc) is 2.63. The molecular weight excluding hydrogens is 409 g/mol. The monoisotopic (exact) mass is 430 g/mol. The molecule has 0 aliphatic heterocycles. The fraction of sp³-hybridized carbons (Fsp3) is 0.421. The Morgan fingerprint density at radius 3 is 2.55 bits per heavy atom. The van der Waals surface area contributed by atoms with Crippen molar-refractivity contribution in [3.8, 4) is 5.88 Å². The molecule has 0 spiro atoms. The van der Waals surface area contributed by atoms with Crippen molar-refractivity contribution in [2.24, 2.45) is 5.41 Å². The summed E-state index contributed by atoms with van der Waals surface area (Å²) in [6.07, 6.45) is -2.36. The summed E-state index contributed by atoms with van der Waals surface area (Å²) in [5.41, 5.74) is -0.482. The van der Waals surface area contributed by atoms with E-state index in [-0.39, 0.29) is 35.4 Å². The Bertz CT molecular complexity index is 854. The lowest BCUT2D eigenvalue weighted by Gasteiger charge is -2.19. The Morgan fingerprint density at radius 2 is 1.93 bits per heavy atom. The molecule has 0 saturated heterocycles. The molecule has 0 radical (unpaired) electrons. The van der Waals surface area contributed by atoms with Gasteiger partial charge in [-0.05, 0) is 23.6 Å². The van der Waals surface area contributed by atoms with Gasteiger partial charge in [-0.2, -0.15) is 13.2 Å². The molecule has 29 heavy (non-hydrogen) atoms. The third kappa shape index (κ3) is 7.41. The molecule has 158 valence electrons. The Morgan fingerprint density at radius 1 is 1.21 bits per heavy atom. The molecule has 6 nitrogen and oxygen atoms in total. The first kappa shape index (κ1) is 22.7. The van der Waals surface area contributed by atoms with E-state index < -0.39 is 11.7 Å². The van der Waals surface area contributed by atoms with Gasteiger partial charge in [0, 0.05) is 24.5 Å². The molecule has 0 saturated carbocycles. The third-order valence-electron chi connectivity index (χ3n) is 3.58. The fourth-order valence-corrected chi connectivity index (χ4v) is 2.35. The van der Waals surface area contributed by atoms with Crippen LogP contribution in [0.15, 0.2) is 30.6 Å². The largest absolute Gasteiger partial charge is 0.475 e. The second-order valence-electron chi connectivity index (χ2n) is 7.46. The van der Waals surface area contributed by atoms with Crippen LogP contribution in [0.5, 0.6) is 5.88 Å². The smallest absolute Gasteiger partial charge is 0.417 e. The van der Waals surface area contributed by atoms with Crippen LogP contribution in [-0.2, 0) is 6.18 Å². The number of hydrogen-bond donors (Lipinski definition) is 2. The van der Waals surface area contributed by atoms with Crippen molar-refractivity contribution in [3.05, 3.63) is 46.7 Å². The van der Waals surface area contributed by atoms with Crippen LogP contribution in [0.3, 0.4) is 0 Å². The third-order valence-corrected chi connectivity index (χ3v) is 3.85. The number of ether oxygens (including phenoxy) is 1. The number of rotatable bonds is 7. The molecule has 0 fully saturated rings. The highest BCUT2D eigenvalue weighted by atomic mass is 35.5. The molecule has 1 amide bonds. The summed E-state index contributed by atoms with van der Waals surface area (Å²) < 4.78 is 43.0. The van der Waals surface area contributed by atoms with Crippen molar-refractivity contribution in [2.75, 3.05) is 25.0 Å². The first-order valence-corrected chi connectivity index (χ1v) is 9.17. The average molecular weight is 431 g/mol. The van der Waals surface area contributed by atoms with Crippen molar-refractivity contribution in [1.82, 2.24) is 15.3 Å². The Balaban J connectivity index is 1.84. The minimum Gasteiger partial charge on any atom is -0.475 e. The summed E-state index contributed by atoms with van der Waals surface area (Å²) in [4.78, 5) is 20.0. The van der Waals surface area contributed by atoms with Crippen molar-refractivity contribution in [3.63, 3.8) is 0 Å². The van der Waals surface area contributed by atoms with Crippen LogP contribution in [0.2, 0.25) is 5.02 Å². The number of alkyl halides is 3. The van der Waals surface area contributed by atoms with Crippen LogP contribution in [0.1, 0.15) is 36.7 Å². The number of carbonyl (C=O) groups excluding carboxylic acids is 1. The van der Waals surface area contributed by atoms with E-state index in [0.29, 0.717) is 24.1 Å². The van der Waals surface area contributed by atoms with Crippen molar-refractivity contribution in [2.45, 2.75) is 26.9 Å². The van der Waals surface area contributed by atoms with Crippen LogP contribution in [-0.4, -0.2) is 35.6 Å². The van der Waals surface area contributed by atoms with E-state index in [1.807, 2.05) is 0 Å². The van der Waals surface area contributed by atoms with Crippen LogP contribution >= 0.6 is 11.6 Å². The zero-order chi connectivity index (χ0) is 21.7. The van der Waals surface area contributed by atoms with E-state index in [9.17, 15) is 18.0 Å². The summed E-state index contributed by atoms with van der Waals surface area (Å²) in [6.45, 7) is 7.03. The van der Waals surface area contributed by atoms with E-state index in [4.69, 9.17) is 16.3 Å². The van der Waals surface area contributed by atoms with E-state index in [2.05, 4.69) is 41.4 Å². The van der Waals surface area contributed by atoms with Crippen LogP contribution < -0.4 is 15.4 Å². The second-order valence-corrected chi connectivity index (χ2v) is 7.86. The van der Waals surface area contributed by atoms with Gasteiger partial charge in [-0.15, -0.1) is 0 Å². The molecule has 2 N–H and O–H groups in total. The summed E-state index contributed by atoms with van der Waals surface area (Å²) >= 11 is 5.76. The lowest BCUT2D eigenvalue weighted by atomic mass is 9.97. The number of anilines is 1. The molecule has 2 aromatic rings. The Labute approximate surface area is 171 Å². The maximum Gasteiger partial charge on any atom is 0.417 e. The molecule has 0 aliphatic carbocycles. The molecule has 0 bridgehead atoms.